The molecule has 0 aliphatic rings. The fourth-order valence-corrected chi connectivity index (χ4v) is 6.26. The quantitative estimate of drug-likeness (QED) is 0.0209. The second-order valence-corrected chi connectivity index (χ2v) is 15.1. The molecule has 0 saturated carbocycles. The van der Waals surface area contributed by atoms with E-state index in [2.05, 4.69) is 36.6 Å². The summed E-state index contributed by atoms with van der Waals surface area (Å²) >= 11 is 11.1. The fourth-order valence-electron chi connectivity index (χ4n) is 6.14. The first-order valence-corrected chi connectivity index (χ1v) is 22.5. The maximum atomic E-state index is 12.1. The van der Waals surface area contributed by atoms with Gasteiger partial charge < -0.3 is 30.3 Å². The average molecular weight is 820 g/mol. The summed E-state index contributed by atoms with van der Waals surface area (Å²) in [5, 5.41) is 26.9. The average Bonchev–Trinajstić information content (AvgIpc) is 3.17. The second kappa shape index (κ2) is 38.7. The van der Waals surface area contributed by atoms with Gasteiger partial charge in [-0.05, 0) is 83.5 Å². The van der Waals surface area contributed by atoms with Crippen LogP contribution in [0.2, 0.25) is 0 Å². The Labute approximate surface area is 343 Å². The lowest BCUT2D eigenvalue weighted by Gasteiger charge is -2.22. The maximum Gasteiger partial charge on any atom is 0.321 e. The van der Waals surface area contributed by atoms with E-state index in [1.807, 2.05) is 12.2 Å². The summed E-state index contributed by atoms with van der Waals surface area (Å²) in [4.78, 5) is 47.5. The normalized spacial score (nSPS) is 13.8. The molecule has 55 heavy (non-hydrogen) atoms. The van der Waals surface area contributed by atoms with Gasteiger partial charge in [0.2, 0.25) is 11.8 Å². The SMILES string of the molecule is CCCCCC(OC(=O)CCl)C(O)C/C=C/CCCCCCCC(=O)NCCCNC(=O)CCCCCCC/C=C/CC(O)C(CCCCC)OC(=O)CCl. The van der Waals surface area contributed by atoms with Crippen LogP contribution in [0.1, 0.15) is 174 Å². The van der Waals surface area contributed by atoms with Gasteiger partial charge in [0.1, 0.15) is 24.0 Å². The molecular formula is C43H76Cl2N2O8. The third kappa shape index (κ3) is 33.7. The van der Waals surface area contributed by atoms with Gasteiger partial charge in [0.15, 0.2) is 0 Å². The standard InChI is InChI=1S/C43H76Cl2N2O8/c1-3-5-19-28-38(54-42(52)34-44)36(48)26-21-15-11-7-9-13-17-23-30-40(50)46-32-25-33-47-41(51)31-24-18-14-10-8-12-16-22-27-37(49)39(29-20-6-4-2)55-43(53)35-45/h15-16,21-22,36-39,48-49H,3-14,17-20,23-35H2,1-2H3,(H,46,50)(H,47,51)/b21-15+,22-16+. The number of carbonyl (C=O) groups is 4. The highest BCUT2D eigenvalue weighted by molar-refractivity contribution is 6.26. The molecule has 4 N–H and O–H groups in total. The van der Waals surface area contributed by atoms with E-state index in [0.29, 0.717) is 58.0 Å². The summed E-state index contributed by atoms with van der Waals surface area (Å²) in [6, 6.07) is 0. The first-order valence-electron chi connectivity index (χ1n) is 21.4. The van der Waals surface area contributed by atoms with Gasteiger partial charge in [0.25, 0.3) is 0 Å². The van der Waals surface area contributed by atoms with Crippen molar-refractivity contribution in [3.63, 3.8) is 0 Å². The maximum absolute atomic E-state index is 12.1. The molecule has 10 nitrogen and oxygen atoms in total. The summed E-state index contributed by atoms with van der Waals surface area (Å²) in [5.74, 6) is -1.29. The molecule has 4 atom stereocenters. The first kappa shape index (κ1) is 52.9. The van der Waals surface area contributed by atoms with Crippen LogP contribution in [0.4, 0.5) is 0 Å². The Hall–Kier alpha value is -2.14. The number of rotatable bonds is 38. The van der Waals surface area contributed by atoms with Crippen LogP contribution in [0, 0.1) is 0 Å². The van der Waals surface area contributed by atoms with Crippen LogP contribution >= 0.6 is 23.2 Å². The van der Waals surface area contributed by atoms with Crippen molar-refractivity contribution in [3.8, 4) is 0 Å². The van der Waals surface area contributed by atoms with Crippen LogP contribution in [0.25, 0.3) is 0 Å². The number of carbonyl (C=O) groups excluding carboxylic acids is 4. The van der Waals surface area contributed by atoms with Crippen LogP contribution in [-0.2, 0) is 28.7 Å². The molecule has 0 radical (unpaired) electrons. The molecule has 0 aromatic carbocycles. The van der Waals surface area contributed by atoms with E-state index < -0.39 is 36.4 Å². The van der Waals surface area contributed by atoms with Crippen molar-refractivity contribution in [2.45, 2.75) is 199 Å². The van der Waals surface area contributed by atoms with E-state index in [0.717, 1.165) is 116 Å². The highest BCUT2D eigenvalue weighted by Crippen LogP contribution is 2.17. The number of unbranched alkanes of at least 4 members (excludes halogenated alkanes) is 14. The van der Waals surface area contributed by atoms with Crippen molar-refractivity contribution < 1.29 is 38.9 Å². The van der Waals surface area contributed by atoms with Crippen molar-refractivity contribution in [2.75, 3.05) is 24.8 Å². The Morgan fingerprint density at radius 2 is 0.909 bits per heavy atom. The Morgan fingerprint density at radius 3 is 1.29 bits per heavy atom. The van der Waals surface area contributed by atoms with E-state index in [1.165, 1.54) is 0 Å². The number of hydrogen-bond donors (Lipinski definition) is 4. The Morgan fingerprint density at radius 1 is 0.527 bits per heavy atom. The number of aliphatic hydroxyl groups excluding tert-OH is 2. The van der Waals surface area contributed by atoms with Crippen molar-refractivity contribution >= 4 is 47.0 Å². The zero-order chi connectivity index (χ0) is 40.8. The number of aliphatic hydroxyl groups is 2. The molecule has 0 heterocycles. The van der Waals surface area contributed by atoms with E-state index in [-0.39, 0.29) is 23.6 Å². The zero-order valence-corrected chi connectivity index (χ0v) is 35.7. The van der Waals surface area contributed by atoms with Gasteiger partial charge in [-0.3, -0.25) is 19.2 Å². The summed E-state index contributed by atoms with van der Waals surface area (Å²) in [6.07, 6.45) is 27.5. The molecule has 0 bridgehead atoms. The van der Waals surface area contributed by atoms with Gasteiger partial charge in [-0.1, -0.05) is 102 Å². The molecule has 320 valence electrons. The first-order chi connectivity index (χ1) is 26.7. The predicted molar refractivity (Wildman–Crippen MR) is 224 cm³/mol. The molecule has 2 amide bonds. The lowest BCUT2D eigenvalue weighted by Crippen LogP contribution is -2.31. The van der Waals surface area contributed by atoms with Gasteiger partial charge >= 0.3 is 11.9 Å². The van der Waals surface area contributed by atoms with Gasteiger partial charge in [-0.2, -0.15) is 0 Å². The number of ether oxygens (including phenoxy) is 2. The zero-order valence-electron chi connectivity index (χ0n) is 34.2. The Kier molecular flexibility index (Phi) is 37.2. The summed E-state index contributed by atoms with van der Waals surface area (Å²) < 4.78 is 10.7. The number of amides is 2. The van der Waals surface area contributed by atoms with E-state index in [9.17, 15) is 29.4 Å². The number of allylic oxidation sites excluding steroid dienone is 2. The molecule has 12 heteroatoms. The number of nitrogens with one attached hydrogen (secondary N) is 2. The van der Waals surface area contributed by atoms with Crippen molar-refractivity contribution in [2.24, 2.45) is 0 Å². The Balaban J connectivity index is 3.76. The second-order valence-electron chi connectivity index (χ2n) is 14.5. The molecule has 0 aliphatic carbocycles. The van der Waals surface area contributed by atoms with E-state index in [4.69, 9.17) is 32.7 Å². The number of halogens is 2. The third-order valence-electron chi connectivity index (χ3n) is 9.46. The molecule has 0 aromatic rings. The van der Waals surface area contributed by atoms with Crippen LogP contribution < -0.4 is 10.6 Å². The monoisotopic (exact) mass is 818 g/mol. The molecule has 0 fully saturated rings. The third-order valence-corrected chi connectivity index (χ3v) is 9.90. The molecule has 0 aliphatic heterocycles. The highest BCUT2D eigenvalue weighted by Gasteiger charge is 2.23. The van der Waals surface area contributed by atoms with E-state index >= 15 is 0 Å². The van der Waals surface area contributed by atoms with Gasteiger partial charge in [0.05, 0.1) is 12.2 Å². The minimum absolute atomic E-state index is 0.0578. The predicted octanol–water partition coefficient (Wildman–Crippen LogP) is 9.15. The van der Waals surface area contributed by atoms with Crippen LogP contribution in [-0.4, -0.2) is 83.2 Å². The lowest BCUT2D eigenvalue weighted by atomic mass is 10.0. The number of esters is 2. The molecular weight excluding hydrogens is 743 g/mol. The largest absolute Gasteiger partial charge is 0.459 e. The molecule has 4 unspecified atom stereocenters. The molecule has 0 aromatic heterocycles. The summed E-state index contributed by atoms with van der Waals surface area (Å²) in [5.41, 5.74) is 0. The minimum Gasteiger partial charge on any atom is -0.459 e. The summed E-state index contributed by atoms with van der Waals surface area (Å²) in [7, 11) is 0. The van der Waals surface area contributed by atoms with Crippen molar-refractivity contribution in [3.05, 3.63) is 24.3 Å². The van der Waals surface area contributed by atoms with E-state index in [1.54, 1.807) is 0 Å². The summed E-state index contributed by atoms with van der Waals surface area (Å²) in [6.45, 7) is 5.33. The van der Waals surface area contributed by atoms with Crippen molar-refractivity contribution in [1.29, 1.82) is 0 Å². The fraction of sp³-hybridized carbons (Fsp3) is 0.814. The van der Waals surface area contributed by atoms with Gasteiger partial charge in [0, 0.05) is 25.9 Å². The van der Waals surface area contributed by atoms with Crippen molar-refractivity contribution in [1.82, 2.24) is 10.6 Å². The number of alkyl halides is 2. The van der Waals surface area contributed by atoms with Gasteiger partial charge in [-0.15, -0.1) is 23.2 Å². The van der Waals surface area contributed by atoms with Crippen LogP contribution in [0.3, 0.4) is 0 Å². The molecule has 0 saturated heterocycles. The molecule has 0 rings (SSSR count). The lowest BCUT2D eigenvalue weighted by molar-refractivity contribution is -0.153. The topological polar surface area (TPSA) is 151 Å². The molecule has 0 spiro atoms. The van der Waals surface area contributed by atoms with Crippen LogP contribution in [0.15, 0.2) is 24.3 Å². The number of hydrogen-bond acceptors (Lipinski definition) is 8. The van der Waals surface area contributed by atoms with Crippen LogP contribution in [0.5, 0.6) is 0 Å². The Bertz CT molecular complexity index is 951. The smallest absolute Gasteiger partial charge is 0.321 e. The highest BCUT2D eigenvalue weighted by atomic mass is 35.5. The minimum atomic E-state index is -0.726. The van der Waals surface area contributed by atoms with Gasteiger partial charge in [-0.25, -0.2) is 0 Å².